The summed E-state index contributed by atoms with van der Waals surface area (Å²) in [5.41, 5.74) is 1.20. The summed E-state index contributed by atoms with van der Waals surface area (Å²) in [5.74, 6) is 2.06. The molecule has 3 atom stereocenters. The van der Waals surface area contributed by atoms with E-state index in [2.05, 4.69) is 11.9 Å². The molecule has 1 aromatic carbocycles. The summed E-state index contributed by atoms with van der Waals surface area (Å²) in [6.45, 7) is 1.19. The molecule has 0 radical (unpaired) electrons. The molecule has 0 amide bonds. The van der Waals surface area contributed by atoms with Gasteiger partial charge in [-0.2, -0.15) is 0 Å². The van der Waals surface area contributed by atoms with Crippen molar-refractivity contribution < 1.29 is 8.95 Å². The smallest absolute Gasteiger partial charge is 0.123 e. The zero-order valence-corrected chi connectivity index (χ0v) is 12.4. The Morgan fingerprint density at radius 1 is 1.47 bits per heavy atom. The van der Waals surface area contributed by atoms with Crippen LogP contribution in [0.2, 0.25) is 0 Å². The monoisotopic (exact) mass is 279 g/mol. The van der Waals surface area contributed by atoms with E-state index in [0.717, 1.165) is 22.8 Å². The van der Waals surface area contributed by atoms with E-state index in [9.17, 15) is 4.21 Å². The predicted octanol–water partition coefficient (Wildman–Crippen LogP) is 2.38. The average Bonchev–Trinajstić information content (AvgIpc) is 2.95. The number of benzene rings is 1. The number of rotatable bonds is 3. The molecule has 104 valence electrons. The zero-order valence-electron chi connectivity index (χ0n) is 11.6. The van der Waals surface area contributed by atoms with Gasteiger partial charge in [0.25, 0.3) is 0 Å². The van der Waals surface area contributed by atoms with Crippen LogP contribution in [-0.2, 0) is 10.8 Å². The Balaban J connectivity index is 1.88. The van der Waals surface area contributed by atoms with E-state index < -0.39 is 10.8 Å². The van der Waals surface area contributed by atoms with Gasteiger partial charge in [0.15, 0.2) is 0 Å². The van der Waals surface area contributed by atoms with E-state index in [0.29, 0.717) is 12.0 Å². The lowest BCUT2D eigenvalue weighted by atomic mass is 9.92. The Bertz CT molecular complexity index is 503. The third kappa shape index (κ3) is 2.32. The van der Waals surface area contributed by atoms with Crippen LogP contribution in [0.4, 0.5) is 0 Å². The van der Waals surface area contributed by atoms with Gasteiger partial charge in [-0.05, 0) is 45.0 Å². The largest absolute Gasteiger partial charge is 0.496 e. The van der Waals surface area contributed by atoms with Crippen LogP contribution >= 0.6 is 0 Å². The average molecular weight is 279 g/mol. The second kappa shape index (κ2) is 5.25. The van der Waals surface area contributed by atoms with Crippen LogP contribution in [0.5, 0.6) is 5.75 Å². The highest BCUT2D eigenvalue weighted by Gasteiger charge is 2.34. The molecule has 3 rings (SSSR count). The van der Waals surface area contributed by atoms with E-state index in [1.807, 2.05) is 18.2 Å². The van der Waals surface area contributed by atoms with E-state index in [-0.39, 0.29) is 0 Å². The van der Waals surface area contributed by atoms with Crippen LogP contribution in [0.25, 0.3) is 0 Å². The molecule has 0 saturated carbocycles. The van der Waals surface area contributed by atoms with E-state index in [1.165, 1.54) is 24.9 Å². The third-order valence-electron chi connectivity index (χ3n) is 4.48. The topological polar surface area (TPSA) is 29.5 Å². The van der Waals surface area contributed by atoms with Crippen LogP contribution in [-0.4, -0.2) is 41.6 Å². The molecule has 0 aliphatic carbocycles. The number of fused-ring (bicyclic) bond motifs is 1. The molecule has 1 unspecified atom stereocenters. The van der Waals surface area contributed by atoms with Gasteiger partial charge in [0.2, 0.25) is 0 Å². The quantitative estimate of drug-likeness (QED) is 0.851. The number of hydrogen-bond acceptors (Lipinski definition) is 3. The third-order valence-corrected chi connectivity index (χ3v) is 6.03. The highest BCUT2D eigenvalue weighted by molar-refractivity contribution is 7.85. The second-order valence-electron chi connectivity index (χ2n) is 5.59. The summed E-state index contributed by atoms with van der Waals surface area (Å²) >= 11 is 0. The van der Waals surface area contributed by atoms with Crippen molar-refractivity contribution in [2.75, 3.05) is 26.5 Å². The summed E-state index contributed by atoms with van der Waals surface area (Å²) in [6.07, 6.45) is 3.66. The highest BCUT2D eigenvalue weighted by atomic mass is 32.2. The van der Waals surface area contributed by atoms with Gasteiger partial charge < -0.3 is 9.64 Å². The van der Waals surface area contributed by atoms with Crippen molar-refractivity contribution >= 4 is 10.8 Å². The first kappa shape index (κ1) is 13.1. The normalized spacial score (nSPS) is 30.5. The molecule has 19 heavy (non-hydrogen) atoms. The van der Waals surface area contributed by atoms with Crippen LogP contribution in [0.1, 0.15) is 30.7 Å². The number of nitrogens with zero attached hydrogens (tertiary/aromatic N) is 1. The van der Waals surface area contributed by atoms with Crippen LogP contribution in [0, 0.1) is 0 Å². The van der Waals surface area contributed by atoms with Gasteiger partial charge in [-0.15, -0.1) is 0 Å². The Morgan fingerprint density at radius 3 is 3.00 bits per heavy atom. The van der Waals surface area contributed by atoms with Gasteiger partial charge in [0.1, 0.15) is 5.75 Å². The van der Waals surface area contributed by atoms with Crippen molar-refractivity contribution in [2.45, 2.75) is 36.1 Å². The summed E-state index contributed by atoms with van der Waals surface area (Å²) in [6, 6.07) is 6.57. The maximum atomic E-state index is 12.2. The molecular weight excluding hydrogens is 258 g/mol. The molecule has 0 N–H and O–H groups in total. The van der Waals surface area contributed by atoms with Crippen molar-refractivity contribution in [1.29, 1.82) is 0 Å². The molecule has 4 heteroatoms. The lowest BCUT2D eigenvalue weighted by Crippen LogP contribution is -2.27. The minimum atomic E-state index is -0.849. The van der Waals surface area contributed by atoms with E-state index in [1.54, 1.807) is 7.11 Å². The van der Waals surface area contributed by atoms with Crippen molar-refractivity contribution in [3.8, 4) is 5.75 Å². The van der Waals surface area contributed by atoms with E-state index >= 15 is 0 Å². The molecule has 2 aliphatic rings. The SMILES string of the molecule is COc1cccc2c1[C@@H](C[C@H]1CCCN1C)CS2=O. The van der Waals surface area contributed by atoms with Crippen LogP contribution in [0.15, 0.2) is 23.1 Å². The molecule has 1 saturated heterocycles. The van der Waals surface area contributed by atoms with Crippen LogP contribution < -0.4 is 4.74 Å². The van der Waals surface area contributed by atoms with Crippen molar-refractivity contribution in [1.82, 2.24) is 4.90 Å². The highest BCUT2D eigenvalue weighted by Crippen LogP contribution is 2.42. The molecule has 1 aromatic rings. The molecule has 1 fully saturated rings. The first-order valence-corrected chi connectivity index (χ1v) is 8.28. The summed E-state index contributed by atoms with van der Waals surface area (Å²) in [7, 11) is 3.06. The van der Waals surface area contributed by atoms with Crippen molar-refractivity contribution in [3.63, 3.8) is 0 Å². The maximum Gasteiger partial charge on any atom is 0.123 e. The Labute approximate surface area is 117 Å². The molecule has 2 heterocycles. The number of likely N-dealkylation sites (tertiary alicyclic amines) is 1. The minimum absolute atomic E-state index is 0.387. The van der Waals surface area contributed by atoms with Gasteiger partial charge in [-0.25, -0.2) is 0 Å². The lowest BCUT2D eigenvalue weighted by molar-refractivity contribution is 0.284. The van der Waals surface area contributed by atoms with Gasteiger partial charge in [0, 0.05) is 28.2 Å². The zero-order chi connectivity index (χ0) is 13.4. The predicted molar refractivity (Wildman–Crippen MR) is 77.3 cm³/mol. The lowest BCUT2D eigenvalue weighted by Gasteiger charge is -2.23. The standard InChI is InChI=1S/C15H21NO2S/c1-16-8-4-5-12(16)9-11-10-19(17)14-7-3-6-13(18-2)15(11)14/h3,6-7,11-12H,4-5,8-10H2,1-2H3/t11-,12+,19?/m0/s1. The molecule has 0 aromatic heterocycles. The molecule has 0 spiro atoms. The minimum Gasteiger partial charge on any atom is -0.496 e. The van der Waals surface area contributed by atoms with E-state index in [4.69, 9.17) is 4.74 Å². The maximum absolute atomic E-state index is 12.2. The van der Waals surface area contributed by atoms with Gasteiger partial charge in [0.05, 0.1) is 17.9 Å². The van der Waals surface area contributed by atoms with Crippen molar-refractivity contribution in [3.05, 3.63) is 23.8 Å². The number of ether oxygens (including phenoxy) is 1. The second-order valence-corrected chi connectivity index (χ2v) is 7.06. The molecular formula is C15H21NO2S. The van der Waals surface area contributed by atoms with Crippen molar-refractivity contribution in [2.24, 2.45) is 0 Å². The fourth-order valence-corrected chi connectivity index (χ4v) is 5.04. The van der Waals surface area contributed by atoms with Gasteiger partial charge in [-0.1, -0.05) is 6.07 Å². The number of methoxy groups -OCH3 is 1. The Hall–Kier alpha value is -0.870. The van der Waals surface area contributed by atoms with Crippen LogP contribution in [0.3, 0.4) is 0 Å². The summed E-state index contributed by atoms with van der Waals surface area (Å²) in [4.78, 5) is 3.43. The summed E-state index contributed by atoms with van der Waals surface area (Å²) in [5, 5.41) is 0. The first-order valence-electron chi connectivity index (χ1n) is 6.96. The van der Waals surface area contributed by atoms with Gasteiger partial charge >= 0.3 is 0 Å². The molecule has 3 nitrogen and oxygen atoms in total. The molecule has 0 bridgehead atoms. The fraction of sp³-hybridized carbons (Fsp3) is 0.600. The Kier molecular flexibility index (Phi) is 3.63. The Morgan fingerprint density at radius 2 is 2.32 bits per heavy atom. The molecule has 2 aliphatic heterocycles. The first-order chi connectivity index (χ1) is 9.20. The fourth-order valence-electron chi connectivity index (χ4n) is 3.45. The summed E-state index contributed by atoms with van der Waals surface area (Å²) < 4.78 is 17.7. The number of hydrogen-bond donors (Lipinski definition) is 0. The van der Waals surface area contributed by atoms with Gasteiger partial charge in [-0.3, -0.25) is 4.21 Å².